The minimum absolute atomic E-state index is 0.115. The van der Waals surface area contributed by atoms with Gasteiger partial charge in [-0.1, -0.05) is 16.9 Å². The van der Waals surface area contributed by atoms with Crippen molar-refractivity contribution in [3.8, 4) is 28.6 Å². The van der Waals surface area contributed by atoms with Crippen molar-refractivity contribution < 1.29 is 14.0 Å². The third-order valence-corrected chi connectivity index (χ3v) is 6.81. The molecule has 0 aliphatic carbocycles. The van der Waals surface area contributed by atoms with Crippen LogP contribution in [0.3, 0.4) is 0 Å². The van der Waals surface area contributed by atoms with E-state index in [9.17, 15) is 4.79 Å². The third-order valence-electron chi connectivity index (χ3n) is 5.00. The Bertz CT molecular complexity index is 1470. The second-order valence-electron chi connectivity index (χ2n) is 7.13. The maximum atomic E-state index is 13.3. The van der Waals surface area contributed by atoms with Crippen LogP contribution in [0.1, 0.15) is 12.8 Å². The Kier molecular flexibility index (Phi) is 6.33. The van der Waals surface area contributed by atoms with Crippen LogP contribution in [0, 0.1) is 0 Å². The summed E-state index contributed by atoms with van der Waals surface area (Å²) in [6.07, 6.45) is 0. The number of hydrogen-bond acceptors (Lipinski definition) is 9. The minimum atomic E-state index is -0.115. The summed E-state index contributed by atoms with van der Waals surface area (Å²) in [4.78, 5) is 22.5. The number of thioether (sulfide) groups is 1. The van der Waals surface area contributed by atoms with E-state index in [1.54, 1.807) is 11.7 Å². The topological polar surface area (TPSA) is 92.3 Å². The van der Waals surface area contributed by atoms with Crippen LogP contribution in [0.25, 0.3) is 27.3 Å². The summed E-state index contributed by atoms with van der Waals surface area (Å²) in [7, 11) is 1.62. The fourth-order valence-electron chi connectivity index (χ4n) is 3.37. The smallest absolute Gasteiger partial charge is 0.276 e. The van der Waals surface area contributed by atoms with E-state index in [0.717, 1.165) is 17.1 Å². The fraction of sp³-hybridized carbons (Fsp3) is 0.167. The van der Waals surface area contributed by atoms with Gasteiger partial charge in [0.25, 0.3) is 5.56 Å². The van der Waals surface area contributed by atoms with E-state index in [2.05, 4.69) is 10.1 Å². The molecule has 3 aromatic heterocycles. The molecule has 0 aliphatic heterocycles. The molecule has 0 unspecified atom stereocenters. The van der Waals surface area contributed by atoms with Crippen molar-refractivity contribution in [2.45, 2.75) is 17.8 Å². The van der Waals surface area contributed by atoms with Gasteiger partial charge in [0, 0.05) is 5.56 Å². The van der Waals surface area contributed by atoms with Crippen molar-refractivity contribution in [3.63, 3.8) is 0 Å². The molecule has 10 heteroatoms. The molecule has 5 rings (SSSR count). The second-order valence-corrected chi connectivity index (χ2v) is 8.98. The Labute approximate surface area is 203 Å². The first kappa shape index (κ1) is 22.2. The average Bonchev–Trinajstić information content (AvgIpc) is 3.54. The van der Waals surface area contributed by atoms with Crippen LogP contribution in [-0.4, -0.2) is 33.4 Å². The van der Waals surface area contributed by atoms with Gasteiger partial charge in [-0.05, 0) is 66.9 Å². The molecule has 0 spiro atoms. The molecule has 0 N–H and O–H groups in total. The zero-order valence-corrected chi connectivity index (χ0v) is 20.1. The standard InChI is InChI=1S/C24H20N4O4S2/c1-3-31-18-10-6-16(7-11-18)28-23(29)21-19(12-13-33-21)25-24(28)34-14-20-26-22(27-32-20)15-4-8-17(30-2)9-5-15/h4-13H,3,14H2,1-2H3. The van der Waals surface area contributed by atoms with Gasteiger partial charge in [0.1, 0.15) is 16.2 Å². The number of methoxy groups -OCH3 is 1. The molecular formula is C24H20N4O4S2. The molecule has 5 aromatic rings. The van der Waals surface area contributed by atoms with Crippen LogP contribution >= 0.6 is 23.1 Å². The summed E-state index contributed by atoms with van der Waals surface area (Å²) in [5.41, 5.74) is 2.09. The summed E-state index contributed by atoms with van der Waals surface area (Å²) < 4.78 is 18.4. The summed E-state index contributed by atoms with van der Waals surface area (Å²) in [6.45, 7) is 2.51. The van der Waals surface area contributed by atoms with Gasteiger partial charge in [0.05, 0.1) is 30.7 Å². The molecule has 8 nitrogen and oxygen atoms in total. The van der Waals surface area contributed by atoms with Crippen LogP contribution in [0.5, 0.6) is 11.5 Å². The molecule has 2 aromatic carbocycles. The van der Waals surface area contributed by atoms with Gasteiger partial charge in [-0.25, -0.2) is 4.98 Å². The quantitative estimate of drug-likeness (QED) is 0.216. The number of fused-ring (bicyclic) bond motifs is 1. The summed E-state index contributed by atoms with van der Waals surface area (Å²) in [5, 5.41) is 6.50. The Morgan fingerprint density at radius 2 is 1.79 bits per heavy atom. The van der Waals surface area contributed by atoms with E-state index in [-0.39, 0.29) is 5.56 Å². The fourth-order valence-corrected chi connectivity index (χ4v) is 4.98. The molecule has 34 heavy (non-hydrogen) atoms. The molecule has 0 atom stereocenters. The highest BCUT2D eigenvalue weighted by atomic mass is 32.2. The molecule has 0 fully saturated rings. The van der Waals surface area contributed by atoms with E-state index < -0.39 is 0 Å². The van der Waals surface area contributed by atoms with Crippen LogP contribution in [0.15, 0.2) is 74.5 Å². The van der Waals surface area contributed by atoms with E-state index in [1.807, 2.05) is 66.9 Å². The Balaban J connectivity index is 1.44. The molecule has 0 saturated carbocycles. The number of nitrogens with zero attached hydrogens (tertiary/aromatic N) is 4. The van der Waals surface area contributed by atoms with Crippen molar-refractivity contribution in [2.24, 2.45) is 0 Å². The lowest BCUT2D eigenvalue weighted by Crippen LogP contribution is -2.20. The largest absolute Gasteiger partial charge is 0.497 e. The number of benzene rings is 2. The van der Waals surface area contributed by atoms with E-state index in [4.69, 9.17) is 19.0 Å². The van der Waals surface area contributed by atoms with Crippen molar-refractivity contribution in [3.05, 3.63) is 76.2 Å². The van der Waals surface area contributed by atoms with Crippen molar-refractivity contribution in [2.75, 3.05) is 13.7 Å². The Morgan fingerprint density at radius 3 is 2.53 bits per heavy atom. The molecule has 0 saturated heterocycles. The van der Waals surface area contributed by atoms with Crippen molar-refractivity contribution >= 4 is 33.3 Å². The van der Waals surface area contributed by atoms with Crippen LogP contribution in [0.2, 0.25) is 0 Å². The lowest BCUT2D eigenvalue weighted by molar-refractivity contribution is 0.340. The molecule has 3 heterocycles. The first-order chi connectivity index (χ1) is 16.7. The predicted octanol–water partition coefficient (Wildman–Crippen LogP) is 5.20. The minimum Gasteiger partial charge on any atom is -0.497 e. The van der Waals surface area contributed by atoms with Crippen LogP contribution < -0.4 is 15.0 Å². The van der Waals surface area contributed by atoms with Crippen LogP contribution in [-0.2, 0) is 5.75 Å². The van der Waals surface area contributed by atoms with Gasteiger partial charge in [-0.15, -0.1) is 11.3 Å². The van der Waals surface area contributed by atoms with Gasteiger partial charge in [0.15, 0.2) is 5.16 Å². The zero-order chi connectivity index (χ0) is 23.5. The van der Waals surface area contributed by atoms with Gasteiger partial charge in [0.2, 0.25) is 11.7 Å². The summed E-state index contributed by atoms with van der Waals surface area (Å²) in [5.74, 6) is 2.79. The molecule has 172 valence electrons. The molecule has 0 amide bonds. The molecule has 0 radical (unpaired) electrons. The normalized spacial score (nSPS) is 11.1. The maximum absolute atomic E-state index is 13.3. The molecular weight excluding hydrogens is 472 g/mol. The first-order valence-corrected chi connectivity index (χ1v) is 12.4. The van der Waals surface area contributed by atoms with Gasteiger partial charge in [-0.2, -0.15) is 4.98 Å². The monoisotopic (exact) mass is 492 g/mol. The van der Waals surface area contributed by atoms with Gasteiger partial charge >= 0.3 is 0 Å². The highest BCUT2D eigenvalue weighted by Crippen LogP contribution is 2.27. The predicted molar refractivity (Wildman–Crippen MR) is 132 cm³/mol. The Morgan fingerprint density at radius 1 is 1.03 bits per heavy atom. The van der Waals surface area contributed by atoms with E-state index in [1.165, 1.54) is 23.1 Å². The average molecular weight is 493 g/mol. The summed E-state index contributed by atoms with van der Waals surface area (Å²) in [6, 6.07) is 16.7. The summed E-state index contributed by atoms with van der Waals surface area (Å²) >= 11 is 2.75. The van der Waals surface area contributed by atoms with Crippen molar-refractivity contribution in [1.82, 2.24) is 19.7 Å². The van der Waals surface area contributed by atoms with Gasteiger partial charge < -0.3 is 14.0 Å². The van der Waals surface area contributed by atoms with Gasteiger partial charge in [-0.3, -0.25) is 9.36 Å². The lowest BCUT2D eigenvalue weighted by atomic mass is 10.2. The number of thiophene rings is 1. The van der Waals surface area contributed by atoms with E-state index >= 15 is 0 Å². The Hall–Kier alpha value is -3.63. The second kappa shape index (κ2) is 9.70. The number of hydrogen-bond donors (Lipinski definition) is 0. The number of rotatable bonds is 8. The highest BCUT2D eigenvalue weighted by Gasteiger charge is 2.17. The van der Waals surface area contributed by atoms with Crippen molar-refractivity contribution in [1.29, 1.82) is 0 Å². The highest BCUT2D eigenvalue weighted by molar-refractivity contribution is 7.98. The number of ether oxygens (including phenoxy) is 2. The first-order valence-electron chi connectivity index (χ1n) is 10.5. The zero-order valence-electron chi connectivity index (χ0n) is 18.4. The lowest BCUT2D eigenvalue weighted by Gasteiger charge is -2.12. The van der Waals surface area contributed by atoms with Crippen LogP contribution in [0.4, 0.5) is 0 Å². The number of aromatic nitrogens is 4. The van der Waals surface area contributed by atoms with E-state index in [0.29, 0.717) is 45.1 Å². The maximum Gasteiger partial charge on any atom is 0.276 e. The SMILES string of the molecule is CCOc1ccc(-n2c(SCc3nc(-c4ccc(OC)cc4)no3)nc3ccsc3c2=O)cc1. The molecule has 0 bridgehead atoms. The third kappa shape index (κ3) is 4.42. The molecule has 0 aliphatic rings.